The van der Waals surface area contributed by atoms with Gasteiger partial charge in [0.1, 0.15) is 0 Å². The van der Waals surface area contributed by atoms with Crippen LogP contribution < -0.4 is 5.73 Å². The number of nitrogens with two attached hydrogens (primary N) is 1. The molecule has 1 aromatic carbocycles. The van der Waals surface area contributed by atoms with Crippen LogP contribution >= 0.6 is 11.6 Å². The van der Waals surface area contributed by atoms with E-state index in [0.717, 1.165) is 44.2 Å². The highest BCUT2D eigenvalue weighted by molar-refractivity contribution is 6.30. The lowest BCUT2D eigenvalue weighted by atomic mass is 10.0. The van der Waals surface area contributed by atoms with Crippen LogP contribution in [0, 0.1) is 0 Å². The fraction of sp³-hybridized carbons (Fsp3) is 0.533. The van der Waals surface area contributed by atoms with Gasteiger partial charge in [0.25, 0.3) is 0 Å². The number of amides is 2. The van der Waals surface area contributed by atoms with Gasteiger partial charge >= 0.3 is 6.03 Å². The third-order valence-corrected chi connectivity index (χ3v) is 4.09. The number of rotatable bonds is 3. The molecule has 0 bridgehead atoms. The third-order valence-electron chi connectivity index (χ3n) is 3.85. The molecule has 0 saturated carbocycles. The van der Waals surface area contributed by atoms with Crippen molar-refractivity contribution in [3.8, 4) is 0 Å². The number of nitrogens with zero attached hydrogens (tertiary/aromatic N) is 2. The second kappa shape index (κ2) is 6.95. The van der Waals surface area contributed by atoms with Crippen LogP contribution in [0.2, 0.25) is 5.02 Å². The van der Waals surface area contributed by atoms with Crippen molar-refractivity contribution in [1.29, 1.82) is 0 Å². The summed E-state index contributed by atoms with van der Waals surface area (Å²) in [5.74, 6) is 0.425. The van der Waals surface area contributed by atoms with Crippen molar-refractivity contribution in [3.05, 3.63) is 34.9 Å². The normalized spacial score (nSPS) is 18.6. The number of hydrogen-bond acceptors (Lipinski definition) is 2. The minimum Gasteiger partial charge on any atom is -0.351 e. The summed E-state index contributed by atoms with van der Waals surface area (Å²) in [6, 6.07) is 7.72. The number of carbonyl (C=O) groups excluding carboxylic acids is 1. The lowest BCUT2D eigenvalue weighted by Crippen LogP contribution is -2.39. The van der Waals surface area contributed by atoms with Crippen LogP contribution in [0.3, 0.4) is 0 Å². The minimum atomic E-state index is -0.310. The summed E-state index contributed by atoms with van der Waals surface area (Å²) in [5.41, 5.74) is 6.60. The van der Waals surface area contributed by atoms with Gasteiger partial charge in [-0.3, -0.25) is 0 Å². The molecule has 0 unspecified atom stereocenters. The lowest BCUT2D eigenvalue weighted by molar-refractivity contribution is 0.207. The molecule has 0 aromatic heterocycles. The lowest BCUT2D eigenvalue weighted by Gasteiger charge is -2.24. The molecule has 1 aliphatic rings. The number of halogens is 1. The Morgan fingerprint density at radius 1 is 1.35 bits per heavy atom. The summed E-state index contributed by atoms with van der Waals surface area (Å²) >= 11 is 6.04. The quantitative estimate of drug-likeness (QED) is 0.931. The Morgan fingerprint density at radius 3 is 2.85 bits per heavy atom. The number of urea groups is 1. The zero-order chi connectivity index (χ0) is 14.5. The molecule has 2 N–H and O–H groups in total. The summed E-state index contributed by atoms with van der Waals surface area (Å²) in [4.78, 5) is 15.3. The van der Waals surface area contributed by atoms with Gasteiger partial charge in [0, 0.05) is 31.2 Å². The average Bonchev–Trinajstić information content (AvgIpc) is 2.64. The fourth-order valence-electron chi connectivity index (χ4n) is 2.68. The monoisotopic (exact) mass is 295 g/mol. The molecule has 1 aliphatic heterocycles. The number of hydrogen-bond donors (Lipinski definition) is 1. The molecule has 1 aromatic rings. The first-order valence-electron chi connectivity index (χ1n) is 7.08. The maximum Gasteiger partial charge on any atom is 0.314 e. The Balaban J connectivity index is 1.91. The molecule has 4 nitrogen and oxygen atoms in total. The van der Waals surface area contributed by atoms with E-state index in [0.29, 0.717) is 5.92 Å². The summed E-state index contributed by atoms with van der Waals surface area (Å²) in [7, 11) is 0. The van der Waals surface area contributed by atoms with Crippen LogP contribution in [-0.4, -0.2) is 48.6 Å². The zero-order valence-corrected chi connectivity index (χ0v) is 12.6. The van der Waals surface area contributed by atoms with Crippen LogP contribution in [0.1, 0.15) is 24.8 Å². The Labute approximate surface area is 125 Å². The van der Waals surface area contributed by atoms with Gasteiger partial charge in [0.2, 0.25) is 0 Å². The first-order valence-corrected chi connectivity index (χ1v) is 7.46. The molecule has 5 heteroatoms. The van der Waals surface area contributed by atoms with Crippen LogP contribution in [0.5, 0.6) is 0 Å². The van der Waals surface area contributed by atoms with E-state index in [4.69, 9.17) is 17.3 Å². The molecule has 1 saturated heterocycles. The highest BCUT2D eigenvalue weighted by Crippen LogP contribution is 2.20. The molecule has 0 spiro atoms. The van der Waals surface area contributed by atoms with Gasteiger partial charge in [-0.2, -0.15) is 0 Å². The van der Waals surface area contributed by atoms with Gasteiger partial charge < -0.3 is 15.5 Å². The second-order valence-corrected chi connectivity index (χ2v) is 5.87. The van der Waals surface area contributed by atoms with E-state index < -0.39 is 0 Å². The minimum absolute atomic E-state index is 0.310. The van der Waals surface area contributed by atoms with E-state index in [-0.39, 0.29) is 6.03 Å². The predicted molar refractivity (Wildman–Crippen MR) is 82.1 cm³/mol. The second-order valence-electron chi connectivity index (χ2n) is 5.44. The Hall–Kier alpha value is -1.26. The van der Waals surface area contributed by atoms with Crippen LogP contribution in [0.15, 0.2) is 24.3 Å². The topological polar surface area (TPSA) is 49.6 Å². The Morgan fingerprint density at radius 2 is 2.15 bits per heavy atom. The Bertz CT molecular complexity index is 466. The van der Waals surface area contributed by atoms with Gasteiger partial charge in [0.15, 0.2) is 0 Å². The predicted octanol–water partition coefficient (Wildman–Crippen LogP) is 2.53. The van der Waals surface area contributed by atoms with Crippen molar-refractivity contribution in [1.82, 2.24) is 9.80 Å². The van der Waals surface area contributed by atoms with E-state index in [1.165, 1.54) is 5.56 Å². The van der Waals surface area contributed by atoms with E-state index >= 15 is 0 Å². The van der Waals surface area contributed by atoms with Gasteiger partial charge in [-0.15, -0.1) is 0 Å². The van der Waals surface area contributed by atoms with Crippen molar-refractivity contribution in [2.45, 2.75) is 19.3 Å². The van der Waals surface area contributed by atoms with Gasteiger partial charge in [-0.05, 0) is 36.6 Å². The van der Waals surface area contributed by atoms with Crippen molar-refractivity contribution >= 4 is 17.6 Å². The summed E-state index contributed by atoms with van der Waals surface area (Å²) in [6.07, 6.45) is 0.977. The first-order chi connectivity index (χ1) is 9.56. The van der Waals surface area contributed by atoms with Crippen molar-refractivity contribution in [3.63, 3.8) is 0 Å². The van der Waals surface area contributed by atoms with E-state index in [1.807, 2.05) is 18.2 Å². The maximum atomic E-state index is 11.2. The largest absolute Gasteiger partial charge is 0.351 e. The van der Waals surface area contributed by atoms with Crippen LogP contribution in [-0.2, 0) is 0 Å². The molecule has 2 rings (SSSR count). The van der Waals surface area contributed by atoms with Crippen LogP contribution in [0.25, 0.3) is 0 Å². The number of carbonyl (C=O) groups is 1. The molecule has 1 heterocycles. The first kappa shape index (κ1) is 15.1. The molecule has 1 fully saturated rings. The van der Waals surface area contributed by atoms with Gasteiger partial charge in [0.05, 0.1) is 0 Å². The van der Waals surface area contributed by atoms with E-state index in [1.54, 1.807) is 4.90 Å². The molecule has 1 atom stereocenters. The molecule has 110 valence electrons. The number of primary amides is 1. The Kier molecular flexibility index (Phi) is 5.26. The highest BCUT2D eigenvalue weighted by Gasteiger charge is 2.19. The highest BCUT2D eigenvalue weighted by atomic mass is 35.5. The molecule has 20 heavy (non-hydrogen) atoms. The van der Waals surface area contributed by atoms with Crippen molar-refractivity contribution in [2.75, 3.05) is 32.7 Å². The van der Waals surface area contributed by atoms with Gasteiger partial charge in [-0.25, -0.2) is 4.79 Å². The molecular weight excluding hydrogens is 274 g/mol. The van der Waals surface area contributed by atoms with Gasteiger partial charge in [-0.1, -0.05) is 30.7 Å². The molecule has 2 amide bonds. The third kappa shape index (κ3) is 4.12. The standard InChI is InChI=1S/C15H22ClN3O/c1-12(13-4-2-5-14(16)10-13)11-18-6-3-7-19(9-8-18)15(17)20/h2,4-5,10,12H,3,6-9,11H2,1H3,(H2,17,20)/t12-/m1/s1. The molecular formula is C15H22ClN3O. The van der Waals surface area contributed by atoms with E-state index in [9.17, 15) is 4.79 Å². The number of benzene rings is 1. The smallest absolute Gasteiger partial charge is 0.314 e. The summed E-state index contributed by atoms with van der Waals surface area (Å²) in [5, 5.41) is 0.783. The van der Waals surface area contributed by atoms with Crippen molar-refractivity contribution < 1.29 is 4.79 Å². The molecule has 0 radical (unpaired) electrons. The summed E-state index contributed by atoms with van der Waals surface area (Å²) in [6.45, 7) is 6.56. The molecule has 0 aliphatic carbocycles. The summed E-state index contributed by atoms with van der Waals surface area (Å²) < 4.78 is 0. The maximum absolute atomic E-state index is 11.2. The zero-order valence-electron chi connectivity index (χ0n) is 11.9. The van der Waals surface area contributed by atoms with Crippen molar-refractivity contribution in [2.24, 2.45) is 5.73 Å². The van der Waals surface area contributed by atoms with Crippen LogP contribution in [0.4, 0.5) is 4.79 Å². The fourth-order valence-corrected chi connectivity index (χ4v) is 2.88. The average molecular weight is 296 g/mol. The SMILES string of the molecule is C[C@H](CN1CCCN(C(N)=O)CC1)c1cccc(Cl)c1. The van der Waals surface area contributed by atoms with E-state index in [2.05, 4.69) is 17.9 Å².